The summed E-state index contributed by atoms with van der Waals surface area (Å²) < 4.78 is 0. The molecule has 0 aliphatic heterocycles. The van der Waals surface area contributed by atoms with Gasteiger partial charge in [0.15, 0.2) is 0 Å². The zero-order valence-electron chi connectivity index (χ0n) is 11.4. The van der Waals surface area contributed by atoms with E-state index in [2.05, 4.69) is 66.0 Å². The standard InChI is InChI=1S/C16H17BrClN/c1-11-7-8-15(12(2)9-11)19(3)16-13(10-17)5-4-6-14(16)18/h4-9H,10H2,1-3H3. The highest BCUT2D eigenvalue weighted by molar-refractivity contribution is 9.08. The van der Waals surface area contributed by atoms with Crippen LogP contribution in [0.3, 0.4) is 0 Å². The Morgan fingerprint density at radius 1 is 1.16 bits per heavy atom. The van der Waals surface area contributed by atoms with E-state index in [4.69, 9.17) is 11.6 Å². The average molecular weight is 339 g/mol. The van der Waals surface area contributed by atoms with E-state index in [-0.39, 0.29) is 0 Å². The second kappa shape index (κ2) is 5.98. The smallest absolute Gasteiger partial charge is 0.0646 e. The molecule has 0 bridgehead atoms. The molecule has 3 heteroatoms. The van der Waals surface area contributed by atoms with Crippen LogP contribution in [-0.4, -0.2) is 7.05 Å². The fraction of sp³-hybridized carbons (Fsp3) is 0.250. The van der Waals surface area contributed by atoms with Crippen LogP contribution in [0, 0.1) is 13.8 Å². The molecule has 0 fully saturated rings. The Kier molecular flexibility index (Phi) is 4.54. The lowest BCUT2D eigenvalue weighted by Gasteiger charge is -2.25. The van der Waals surface area contributed by atoms with E-state index in [1.54, 1.807) is 0 Å². The van der Waals surface area contributed by atoms with Crippen LogP contribution in [0.1, 0.15) is 16.7 Å². The van der Waals surface area contributed by atoms with E-state index in [1.165, 1.54) is 22.4 Å². The number of anilines is 2. The van der Waals surface area contributed by atoms with Crippen LogP contribution in [0.25, 0.3) is 0 Å². The summed E-state index contributed by atoms with van der Waals surface area (Å²) in [6.07, 6.45) is 0. The van der Waals surface area contributed by atoms with Crippen LogP contribution in [0.15, 0.2) is 36.4 Å². The lowest BCUT2D eigenvalue weighted by Crippen LogP contribution is -2.13. The van der Waals surface area contributed by atoms with Gasteiger partial charge in [-0.05, 0) is 37.1 Å². The Bertz CT molecular complexity index is 595. The molecule has 0 N–H and O–H groups in total. The number of nitrogens with zero attached hydrogens (tertiary/aromatic N) is 1. The highest BCUT2D eigenvalue weighted by Gasteiger charge is 2.14. The first kappa shape index (κ1) is 14.4. The van der Waals surface area contributed by atoms with Crippen molar-refractivity contribution in [1.29, 1.82) is 0 Å². The molecule has 0 radical (unpaired) electrons. The molecule has 0 unspecified atom stereocenters. The minimum atomic E-state index is 0.777. The van der Waals surface area contributed by atoms with Crippen molar-refractivity contribution in [3.05, 3.63) is 58.1 Å². The first-order valence-electron chi connectivity index (χ1n) is 6.19. The molecule has 2 aromatic carbocycles. The fourth-order valence-electron chi connectivity index (χ4n) is 2.35. The third kappa shape index (κ3) is 2.96. The Balaban J connectivity index is 2.52. The molecule has 1 nitrogen and oxygen atoms in total. The van der Waals surface area contributed by atoms with E-state index in [0.717, 1.165) is 16.0 Å². The van der Waals surface area contributed by atoms with E-state index in [0.29, 0.717) is 0 Å². The number of para-hydroxylation sites is 1. The molecule has 0 atom stereocenters. The van der Waals surface area contributed by atoms with Crippen LogP contribution in [0.2, 0.25) is 5.02 Å². The van der Waals surface area contributed by atoms with E-state index in [1.807, 2.05) is 12.1 Å². The predicted octanol–water partition coefficient (Wildman–Crippen LogP) is 5.62. The van der Waals surface area contributed by atoms with E-state index >= 15 is 0 Å². The lowest BCUT2D eigenvalue weighted by molar-refractivity contribution is 1.16. The van der Waals surface area contributed by atoms with Gasteiger partial charge in [-0.25, -0.2) is 0 Å². The number of hydrogen-bond acceptors (Lipinski definition) is 1. The van der Waals surface area contributed by atoms with Crippen molar-refractivity contribution in [3.8, 4) is 0 Å². The maximum absolute atomic E-state index is 6.37. The Labute approximate surface area is 128 Å². The molecule has 0 aliphatic rings. The summed E-state index contributed by atoms with van der Waals surface area (Å²) in [6, 6.07) is 12.5. The molecule has 0 aromatic heterocycles. The summed E-state index contributed by atoms with van der Waals surface area (Å²) in [6.45, 7) is 4.24. The molecular weight excluding hydrogens is 322 g/mol. The van der Waals surface area contributed by atoms with Crippen molar-refractivity contribution in [1.82, 2.24) is 0 Å². The van der Waals surface area contributed by atoms with Gasteiger partial charge in [-0.1, -0.05) is 57.4 Å². The van der Waals surface area contributed by atoms with Gasteiger partial charge in [-0.3, -0.25) is 0 Å². The van der Waals surface area contributed by atoms with Crippen molar-refractivity contribution in [2.75, 3.05) is 11.9 Å². The number of alkyl halides is 1. The van der Waals surface area contributed by atoms with Crippen LogP contribution >= 0.6 is 27.5 Å². The second-order valence-electron chi connectivity index (χ2n) is 4.73. The number of rotatable bonds is 3. The summed E-state index contributed by atoms with van der Waals surface area (Å²) in [5.41, 5.74) is 5.96. The summed E-state index contributed by atoms with van der Waals surface area (Å²) in [4.78, 5) is 2.16. The Morgan fingerprint density at radius 3 is 2.53 bits per heavy atom. The normalized spacial score (nSPS) is 10.6. The first-order valence-corrected chi connectivity index (χ1v) is 7.69. The molecule has 100 valence electrons. The third-order valence-electron chi connectivity index (χ3n) is 3.26. The Hall–Kier alpha value is -0.990. The van der Waals surface area contributed by atoms with Crippen LogP contribution in [-0.2, 0) is 5.33 Å². The monoisotopic (exact) mass is 337 g/mol. The largest absolute Gasteiger partial charge is 0.343 e. The Morgan fingerprint density at radius 2 is 1.89 bits per heavy atom. The van der Waals surface area contributed by atoms with Crippen LogP contribution in [0.5, 0.6) is 0 Å². The summed E-state index contributed by atoms with van der Waals surface area (Å²) >= 11 is 9.90. The minimum Gasteiger partial charge on any atom is -0.343 e. The maximum atomic E-state index is 6.37. The van der Waals surface area contributed by atoms with Crippen molar-refractivity contribution in [2.45, 2.75) is 19.2 Å². The summed E-state index contributed by atoms with van der Waals surface area (Å²) in [5.74, 6) is 0. The highest BCUT2D eigenvalue weighted by Crippen LogP contribution is 2.36. The van der Waals surface area contributed by atoms with Crippen molar-refractivity contribution >= 4 is 38.9 Å². The number of hydrogen-bond donors (Lipinski definition) is 0. The molecule has 0 heterocycles. The fourth-order valence-corrected chi connectivity index (χ4v) is 3.12. The van der Waals surface area contributed by atoms with Gasteiger partial charge in [-0.2, -0.15) is 0 Å². The van der Waals surface area contributed by atoms with Crippen molar-refractivity contribution in [2.24, 2.45) is 0 Å². The van der Waals surface area contributed by atoms with Gasteiger partial charge in [0.05, 0.1) is 10.7 Å². The molecule has 2 rings (SSSR count). The minimum absolute atomic E-state index is 0.777. The molecule has 0 amide bonds. The summed E-state index contributed by atoms with van der Waals surface area (Å²) in [5, 5.41) is 1.57. The third-order valence-corrected chi connectivity index (χ3v) is 4.17. The number of aryl methyl sites for hydroxylation is 2. The topological polar surface area (TPSA) is 3.24 Å². The van der Waals surface area contributed by atoms with Crippen LogP contribution < -0.4 is 4.90 Å². The predicted molar refractivity (Wildman–Crippen MR) is 88.1 cm³/mol. The molecular formula is C16H17BrClN. The van der Waals surface area contributed by atoms with Crippen LogP contribution in [0.4, 0.5) is 11.4 Å². The van der Waals surface area contributed by atoms with Gasteiger partial charge in [0.2, 0.25) is 0 Å². The van der Waals surface area contributed by atoms with Crippen molar-refractivity contribution in [3.63, 3.8) is 0 Å². The molecule has 0 saturated heterocycles. The molecule has 0 aliphatic carbocycles. The van der Waals surface area contributed by atoms with Gasteiger partial charge in [-0.15, -0.1) is 0 Å². The summed E-state index contributed by atoms with van der Waals surface area (Å²) in [7, 11) is 2.06. The van der Waals surface area contributed by atoms with Gasteiger partial charge < -0.3 is 4.90 Å². The van der Waals surface area contributed by atoms with Gasteiger partial charge in [0.1, 0.15) is 0 Å². The maximum Gasteiger partial charge on any atom is 0.0646 e. The van der Waals surface area contributed by atoms with E-state index < -0.39 is 0 Å². The molecule has 0 spiro atoms. The van der Waals surface area contributed by atoms with Gasteiger partial charge in [0, 0.05) is 18.1 Å². The van der Waals surface area contributed by atoms with Gasteiger partial charge in [0.25, 0.3) is 0 Å². The molecule has 2 aromatic rings. The molecule has 19 heavy (non-hydrogen) atoms. The zero-order chi connectivity index (χ0) is 14.0. The zero-order valence-corrected chi connectivity index (χ0v) is 13.7. The number of halogens is 2. The molecule has 0 saturated carbocycles. The van der Waals surface area contributed by atoms with E-state index in [9.17, 15) is 0 Å². The van der Waals surface area contributed by atoms with Crippen molar-refractivity contribution < 1.29 is 0 Å². The second-order valence-corrected chi connectivity index (χ2v) is 5.70. The first-order chi connectivity index (χ1) is 9.04. The average Bonchev–Trinajstić information content (AvgIpc) is 2.37. The quantitative estimate of drug-likeness (QED) is 0.657. The highest BCUT2D eigenvalue weighted by atomic mass is 79.9. The van der Waals surface area contributed by atoms with Gasteiger partial charge >= 0.3 is 0 Å². The lowest BCUT2D eigenvalue weighted by atomic mass is 10.1. The SMILES string of the molecule is Cc1ccc(N(C)c2c(Cl)cccc2CBr)c(C)c1. The number of benzene rings is 2.